The normalized spacial score (nSPS) is 10.7. The van der Waals surface area contributed by atoms with Gasteiger partial charge in [0.05, 0.1) is 7.11 Å². The van der Waals surface area contributed by atoms with E-state index in [-0.39, 0.29) is 5.82 Å². The van der Waals surface area contributed by atoms with Crippen molar-refractivity contribution in [3.8, 4) is 5.75 Å². The average molecular weight is 273 g/mol. The summed E-state index contributed by atoms with van der Waals surface area (Å²) in [5, 5.41) is 3.22. The molecule has 0 aliphatic rings. The van der Waals surface area contributed by atoms with Crippen LogP contribution in [-0.2, 0) is 6.54 Å². The van der Waals surface area contributed by atoms with Gasteiger partial charge in [-0.15, -0.1) is 0 Å². The number of anilines is 1. The summed E-state index contributed by atoms with van der Waals surface area (Å²) in [6.07, 6.45) is 0. The molecular weight excluding hydrogens is 253 g/mol. The van der Waals surface area contributed by atoms with E-state index in [2.05, 4.69) is 31.3 Å². The molecular formula is C17H20FNO. The van der Waals surface area contributed by atoms with Crippen LogP contribution in [0.3, 0.4) is 0 Å². The van der Waals surface area contributed by atoms with Crippen LogP contribution in [0, 0.1) is 5.82 Å². The maximum absolute atomic E-state index is 13.8. The first-order valence-electron chi connectivity index (χ1n) is 6.76. The topological polar surface area (TPSA) is 21.3 Å². The number of nitrogens with one attached hydrogen (secondary N) is 1. The quantitative estimate of drug-likeness (QED) is 0.861. The number of hydrogen-bond donors (Lipinski definition) is 1. The van der Waals surface area contributed by atoms with Crippen LogP contribution >= 0.6 is 0 Å². The standard InChI is InChI=1S/C17H20FNO/c1-12(2)13-4-7-15(8-5-13)19-11-14-6-9-16(20-3)10-17(14)18/h4-10,12,19H,11H2,1-3H3. The SMILES string of the molecule is COc1ccc(CNc2ccc(C(C)C)cc2)c(F)c1. The first kappa shape index (κ1) is 14.4. The smallest absolute Gasteiger partial charge is 0.131 e. The second-order valence-corrected chi connectivity index (χ2v) is 5.09. The van der Waals surface area contributed by atoms with Crippen molar-refractivity contribution < 1.29 is 9.13 Å². The Balaban J connectivity index is 2.01. The van der Waals surface area contributed by atoms with Crippen LogP contribution in [0.25, 0.3) is 0 Å². The Hall–Kier alpha value is -2.03. The Kier molecular flexibility index (Phi) is 4.61. The molecule has 3 heteroatoms. The van der Waals surface area contributed by atoms with E-state index in [9.17, 15) is 4.39 Å². The minimum Gasteiger partial charge on any atom is -0.497 e. The molecule has 0 aromatic heterocycles. The molecule has 0 bridgehead atoms. The van der Waals surface area contributed by atoms with E-state index in [1.165, 1.54) is 18.7 Å². The van der Waals surface area contributed by atoms with Crippen LogP contribution in [0.1, 0.15) is 30.9 Å². The van der Waals surface area contributed by atoms with Gasteiger partial charge in [-0.1, -0.05) is 32.0 Å². The summed E-state index contributed by atoms with van der Waals surface area (Å²) in [6.45, 7) is 4.78. The summed E-state index contributed by atoms with van der Waals surface area (Å²) in [4.78, 5) is 0. The van der Waals surface area contributed by atoms with Gasteiger partial charge in [-0.2, -0.15) is 0 Å². The number of halogens is 1. The molecule has 2 aromatic rings. The van der Waals surface area contributed by atoms with Crippen molar-refractivity contribution >= 4 is 5.69 Å². The van der Waals surface area contributed by atoms with Crippen molar-refractivity contribution in [2.45, 2.75) is 26.3 Å². The fourth-order valence-corrected chi connectivity index (χ4v) is 1.98. The highest BCUT2D eigenvalue weighted by atomic mass is 19.1. The Morgan fingerprint density at radius 1 is 1.10 bits per heavy atom. The highest BCUT2D eigenvalue weighted by molar-refractivity contribution is 5.46. The maximum atomic E-state index is 13.8. The minimum atomic E-state index is -0.254. The molecule has 2 rings (SSSR count). The molecule has 0 saturated heterocycles. The highest BCUT2D eigenvalue weighted by Crippen LogP contribution is 2.19. The molecule has 106 valence electrons. The Morgan fingerprint density at radius 2 is 1.80 bits per heavy atom. The number of hydrogen-bond acceptors (Lipinski definition) is 2. The number of ether oxygens (including phenoxy) is 1. The number of benzene rings is 2. The maximum Gasteiger partial charge on any atom is 0.131 e. The van der Waals surface area contributed by atoms with Gasteiger partial charge < -0.3 is 10.1 Å². The average Bonchev–Trinajstić information content (AvgIpc) is 2.46. The molecule has 2 aromatic carbocycles. The lowest BCUT2D eigenvalue weighted by Crippen LogP contribution is -2.02. The molecule has 0 aliphatic heterocycles. The minimum absolute atomic E-state index is 0.254. The second-order valence-electron chi connectivity index (χ2n) is 5.09. The third-order valence-electron chi connectivity index (χ3n) is 3.32. The van der Waals surface area contributed by atoms with Gasteiger partial charge in [0.15, 0.2) is 0 Å². The Morgan fingerprint density at radius 3 is 2.35 bits per heavy atom. The van der Waals surface area contributed by atoms with E-state index in [1.54, 1.807) is 12.1 Å². The molecule has 20 heavy (non-hydrogen) atoms. The molecule has 1 N–H and O–H groups in total. The van der Waals surface area contributed by atoms with Crippen LogP contribution in [0.4, 0.5) is 10.1 Å². The zero-order valence-electron chi connectivity index (χ0n) is 12.1. The van der Waals surface area contributed by atoms with Crippen molar-refractivity contribution in [2.24, 2.45) is 0 Å². The summed E-state index contributed by atoms with van der Waals surface area (Å²) < 4.78 is 18.8. The van der Waals surface area contributed by atoms with Crippen LogP contribution in [0.2, 0.25) is 0 Å². The molecule has 0 amide bonds. The van der Waals surface area contributed by atoms with Crippen molar-refractivity contribution in [3.63, 3.8) is 0 Å². The van der Waals surface area contributed by atoms with Crippen LogP contribution in [0.15, 0.2) is 42.5 Å². The zero-order chi connectivity index (χ0) is 14.5. The summed E-state index contributed by atoms with van der Waals surface area (Å²) >= 11 is 0. The van der Waals surface area contributed by atoms with Crippen molar-refractivity contribution in [2.75, 3.05) is 12.4 Å². The lowest BCUT2D eigenvalue weighted by Gasteiger charge is -2.10. The van der Waals surface area contributed by atoms with Crippen molar-refractivity contribution in [3.05, 3.63) is 59.4 Å². The van der Waals surface area contributed by atoms with E-state index >= 15 is 0 Å². The zero-order valence-corrected chi connectivity index (χ0v) is 12.1. The third-order valence-corrected chi connectivity index (χ3v) is 3.32. The van der Waals surface area contributed by atoms with Gasteiger partial charge in [0.2, 0.25) is 0 Å². The van der Waals surface area contributed by atoms with Gasteiger partial charge in [0, 0.05) is 23.9 Å². The fourth-order valence-electron chi connectivity index (χ4n) is 1.98. The van der Waals surface area contributed by atoms with E-state index in [4.69, 9.17) is 4.74 Å². The van der Waals surface area contributed by atoms with Gasteiger partial charge in [-0.25, -0.2) is 4.39 Å². The lowest BCUT2D eigenvalue weighted by molar-refractivity contribution is 0.411. The third kappa shape index (κ3) is 3.50. The molecule has 0 fully saturated rings. The predicted molar refractivity (Wildman–Crippen MR) is 80.8 cm³/mol. The van der Waals surface area contributed by atoms with Gasteiger partial charge in [0.25, 0.3) is 0 Å². The molecule has 0 heterocycles. The van der Waals surface area contributed by atoms with Crippen molar-refractivity contribution in [1.29, 1.82) is 0 Å². The largest absolute Gasteiger partial charge is 0.497 e. The first-order chi connectivity index (χ1) is 9.60. The predicted octanol–water partition coefficient (Wildman–Crippen LogP) is 4.57. The summed E-state index contributed by atoms with van der Waals surface area (Å²) in [7, 11) is 1.53. The lowest BCUT2D eigenvalue weighted by atomic mass is 10.0. The van der Waals surface area contributed by atoms with Gasteiger partial charge in [0.1, 0.15) is 11.6 Å². The van der Waals surface area contributed by atoms with E-state index in [0.29, 0.717) is 23.8 Å². The molecule has 0 aliphatic carbocycles. The summed E-state index contributed by atoms with van der Waals surface area (Å²) in [6, 6.07) is 13.1. The first-order valence-corrected chi connectivity index (χ1v) is 6.76. The van der Waals surface area contributed by atoms with Gasteiger partial charge in [-0.05, 0) is 29.7 Å². The molecule has 0 spiro atoms. The van der Waals surface area contributed by atoms with Gasteiger partial charge >= 0.3 is 0 Å². The van der Waals surface area contributed by atoms with Crippen molar-refractivity contribution in [1.82, 2.24) is 0 Å². The van der Waals surface area contributed by atoms with E-state index < -0.39 is 0 Å². The molecule has 0 saturated carbocycles. The molecule has 0 radical (unpaired) electrons. The number of methoxy groups -OCH3 is 1. The molecule has 0 unspecified atom stereocenters. The summed E-state index contributed by atoms with van der Waals surface area (Å²) in [5.74, 6) is 0.797. The van der Waals surface area contributed by atoms with Crippen LogP contribution < -0.4 is 10.1 Å². The second kappa shape index (κ2) is 6.42. The van der Waals surface area contributed by atoms with Crippen LogP contribution in [0.5, 0.6) is 5.75 Å². The monoisotopic (exact) mass is 273 g/mol. The fraction of sp³-hybridized carbons (Fsp3) is 0.294. The highest BCUT2D eigenvalue weighted by Gasteiger charge is 2.04. The van der Waals surface area contributed by atoms with E-state index in [1.807, 2.05) is 12.1 Å². The van der Waals surface area contributed by atoms with Gasteiger partial charge in [-0.3, -0.25) is 0 Å². The van der Waals surface area contributed by atoms with Crippen LogP contribution in [-0.4, -0.2) is 7.11 Å². The molecule has 2 nitrogen and oxygen atoms in total. The Bertz CT molecular complexity index is 564. The van der Waals surface area contributed by atoms with E-state index in [0.717, 1.165) is 5.69 Å². The molecule has 0 atom stereocenters. The summed E-state index contributed by atoms with van der Waals surface area (Å²) in [5.41, 5.74) is 2.91. The number of rotatable bonds is 5. The Labute approximate surface area is 119 Å².